The molecule has 1 aromatic heterocycles. The SMILES string of the molecule is OCC1(NC2CC2)CCCC(N2CCn3ccnc3C2)C1. The van der Waals surface area contributed by atoms with Crippen molar-refractivity contribution in [1.29, 1.82) is 0 Å². The van der Waals surface area contributed by atoms with Crippen molar-refractivity contribution in [3.05, 3.63) is 18.2 Å². The quantitative estimate of drug-likeness (QED) is 0.873. The molecule has 0 spiro atoms. The summed E-state index contributed by atoms with van der Waals surface area (Å²) in [6, 6.07) is 1.25. The first-order valence-electron chi connectivity index (χ1n) is 8.41. The molecule has 0 saturated heterocycles. The van der Waals surface area contributed by atoms with Crippen LogP contribution in [0.15, 0.2) is 12.4 Å². The van der Waals surface area contributed by atoms with Crippen LogP contribution in [0.5, 0.6) is 0 Å². The monoisotopic (exact) mass is 290 g/mol. The minimum atomic E-state index is -0.0308. The van der Waals surface area contributed by atoms with Crippen molar-refractivity contribution in [2.24, 2.45) is 0 Å². The Balaban J connectivity index is 1.45. The van der Waals surface area contributed by atoms with Crippen molar-refractivity contribution in [3.8, 4) is 0 Å². The lowest BCUT2D eigenvalue weighted by atomic mass is 9.78. The number of aromatic nitrogens is 2. The normalized spacial score (nSPS) is 33.9. The molecule has 2 saturated carbocycles. The number of aliphatic hydroxyl groups excluding tert-OH is 1. The first-order chi connectivity index (χ1) is 10.3. The molecule has 1 aromatic rings. The molecule has 3 aliphatic rings. The summed E-state index contributed by atoms with van der Waals surface area (Å²) in [5.41, 5.74) is -0.0308. The van der Waals surface area contributed by atoms with E-state index >= 15 is 0 Å². The van der Waals surface area contributed by atoms with E-state index in [-0.39, 0.29) is 12.1 Å². The summed E-state index contributed by atoms with van der Waals surface area (Å²) in [5, 5.41) is 13.7. The third kappa shape index (κ3) is 2.74. The van der Waals surface area contributed by atoms with E-state index < -0.39 is 0 Å². The fourth-order valence-electron chi connectivity index (χ4n) is 4.13. The molecule has 21 heavy (non-hydrogen) atoms. The van der Waals surface area contributed by atoms with Gasteiger partial charge in [0.25, 0.3) is 0 Å². The zero-order valence-electron chi connectivity index (χ0n) is 12.7. The molecule has 5 nitrogen and oxygen atoms in total. The molecule has 0 bridgehead atoms. The molecule has 5 heteroatoms. The Bertz CT molecular complexity index is 498. The highest BCUT2D eigenvalue weighted by molar-refractivity contribution is 5.03. The first-order valence-corrected chi connectivity index (χ1v) is 8.41. The third-order valence-corrected chi connectivity index (χ3v) is 5.50. The smallest absolute Gasteiger partial charge is 0.122 e. The van der Waals surface area contributed by atoms with Gasteiger partial charge < -0.3 is 15.0 Å². The zero-order valence-corrected chi connectivity index (χ0v) is 12.7. The van der Waals surface area contributed by atoms with Crippen LogP contribution in [-0.4, -0.2) is 50.3 Å². The molecule has 2 unspecified atom stereocenters. The summed E-state index contributed by atoms with van der Waals surface area (Å²) >= 11 is 0. The Morgan fingerprint density at radius 3 is 3.05 bits per heavy atom. The minimum absolute atomic E-state index is 0.0308. The maximum absolute atomic E-state index is 9.96. The topological polar surface area (TPSA) is 53.3 Å². The van der Waals surface area contributed by atoms with Crippen molar-refractivity contribution >= 4 is 0 Å². The molecule has 2 atom stereocenters. The second-order valence-electron chi connectivity index (χ2n) is 7.11. The molecule has 2 fully saturated rings. The van der Waals surface area contributed by atoms with Crippen LogP contribution in [0.2, 0.25) is 0 Å². The highest BCUT2D eigenvalue weighted by Gasteiger charge is 2.41. The van der Waals surface area contributed by atoms with Gasteiger partial charge in [0, 0.05) is 43.1 Å². The molecule has 0 aromatic carbocycles. The predicted molar refractivity (Wildman–Crippen MR) is 80.9 cm³/mol. The van der Waals surface area contributed by atoms with E-state index in [1.165, 1.54) is 31.5 Å². The van der Waals surface area contributed by atoms with Crippen LogP contribution >= 0.6 is 0 Å². The van der Waals surface area contributed by atoms with Gasteiger partial charge >= 0.3 is 0 Å². The fraction of sp³-hybridized carbons (Fsp3) is 0.812. The molecule has 4 rings (SSSR count). The van der Waals surface area contributed by atoms with Crippen LogP contribution in [0.25, 0.3) is 0 Å². The van der Waals surface area contributed by atoms with Crippen LogP contribution in [-0.2, 0) is 13.1 Å². The molecule has 2 aliphatic carbocycles. The summed E-state index contributed by atoms with van der Waals surface area (Å²) in [5.74, 6) is 1.19. The average Bonchev–Trinajstić information content (AvgIpc) is 3.20. The number of fused-ring (bicyclic) bond motifs is 1. The summed E-state index contributed by atoms with van der Waals surface area (Å²) in [6.07, 6.45) is 11.2. The lowest BCUT2D eigenvalue weighted by Gasteiger charge is -2.45. The number of hydrogen-bond donors (Lipinski definition) is 2. The Labute approximate surface area is 126 Å². The van der Waals surface area contributed by atoms with Crippen LogP contribution in [0, 0.1) is 0 Å². The molecule has 2 heterocycles. The van der Waals surface area contributed by atoms with E-state index in [9.17, 15) is 5.11 Å². The highest BCUT2D eigenvalue weighted by Crippen LogP contribution is 2.35. The molecule has 1 aliphatic heterocycles. The highest BCUT2D eigenvalue weighted by atomic mass is 16.3. The van der Waals surface area contributed by atoms with Gasteiger partial charge in [0.2, 0.25) is 0 Å². The Kier molecular flexibility index (Phi) is 3.52. The average molecular weight is 290 g/mol. The Hall–Kier alpha value is -0.910. The van der Waals surface area contributed by atoms with Gasteiger partial charge in [0.1, 0.15) is 5.82 Å². The number of hydrogen-bond acceptors (Lipinski definition) is 4. The summed E-state index contributed by atoms with van der Waals surface area (Å²) in [4.78, 5) is 7.06. The van der Waals surface area contributed by atoms with Gasteiger partial charge in [0.15, 0.2) is 0 Å². The van der Waals surface area contributed by atoms with E-state index in [0.29, 0.717) is 12.1 Å². The second-order valence-corrected chi connectivity index (χ2v) is 7.11. The van der Waals surface area contributed by atoms with E-state index in [1.807, 2.05) is 6.20 Å². The van der Waals surface area contributed by atoms with Crippen LogP contribution in [0.4, 0.5) is 0 Å². The van der Waals surface area contributed by atoms with Gasteiger partial charge in [-0.05, 0) is 38.5 Å². The summed E-state index contributed by atoms with van der Waals surface area (Å²) < 4.78 is 2.26. The van der Waals surface area contributed by atoms with E-state index in [4.69, 9.17) is 0 Å². The predicted octanol–water partition coefficient (Wildman–Crippen LogP) is 1.12. The Morgan fingerprint density at radius 1 is 1.33 bits per heavy atom. The lowest BCUT2D eigenvalue weighted by molar-refractivity contribution is 0.0452. The molecule has 2 N–H and O–H groups in total. The Morgan fingerprint density at radius 2 is 2.24 bits per heavy atom. The lowest BCUT2D eigenvalue weighted by Crippen LogP contribution is -2.57. The van der Waals surface area contributed by atoms with Crippen molar-refractivity contribution in [2.45, 2.75) is 69.2 Å². The third-order valence-electron chi connectivity index (χ3n) is 5.50. The first kappa shape index (κ1) is 13.7. The van der Waals surface area contributed by atoms with Gasteiger partial charge in [-0.1, -0.05) is 0 Å². The van der Waals surface area contributed by atoms with E-state index in [0.717, 1.165) is 32.5 Å². The number of imidazole rings is 1. The van der Waals surface area contributed by atoms with Crippen molar-refractivity contribution < 1.29 is 5.11 Å². The molecular weight excluding hydrogens is 264 g/mol. The maximum Gasteiger partial charge on any atom is 0.122 e. The summed E-state index contributed by atoms with van der Waals surface area (Å²) in [6.45, 7) is 3.40. The van der Waals surface area contributed by atoms with E-state index in [1.54, 1.807) is 0 Å². The summed E-state index contributed by atoms with van der Waals surface area (Å²) in [7, 11) is 0. The van der Waals surface area contributed by atoms with Gasteiger partial charge in [-0.2, -0.15) is 0 Å². The van der Waals surface area contributed by atoms with Gasteiger partial charge in [-0.3, -0.25) is 4.90 Å². The minimum Gasteiger partial charge on any atom is -0.394 e. The number of rotatable bonds is 4. The van der Waals surface area contributed by atoms with Crippen molar-refractivity contribution in [1.82, 2.24) is 19.8 Å². The zero-order chi connectivity index (χ0) is 14.3. The maximum atomic E-state index is 9.96. The van der Waals surface area contributed by atoms with E-state index in [2.05, 4.69) is 26.0 Å². The largest absolute Gasteiger partial charge is 0.394 e. The van der Waals surface area contributed by atoms with Crippen LogP contribution in [0.1, 0.15) is 44.3 Å². The second kappa shape index (κ2) is 5.38. The number of nitrogens with one attached hydrogen (secondary N) is 1. The van der Waals surface area contributed by atoms with Crippen molar-refractivity contribution in [2.75, 3.05) is 13.2 Å². The van der Waals surface area contributed by atoms with Gasteiger partial charge in [-0.25, -0.2) is 4.98 Å². The number of nitrogens with zero attached hydrogens (tertiary/aromatic N) is 3. The molecule has 0 radical (unpaired) electrons. The van der Waals surface area contributed by atoms with Gasteiger partial charge in [-0.15, -0.1) is 0 Å². The molecule has 0 amide bonds. The fourth-order valence-corrected chi connectivity index (χ4v) is 4.13. The van der Waals surface area contributed by atoms with Crippen molar-refractivity contribution in [3.63, 3.8) is 0 Å². The van der Waals surface area contributed by atoms with Crippen LogP contribution < -0.4 is 5.32 Å². The molecular formula is C16H26N4O. The number of aliphatic hydroxyl groups is 1. The van der Waals surface area contributed by atoms with Crippen LogP contribution in [0.3, 0.4) is 0 Å². The molecule has 116 valence electrons. The standard InChI is InChI=1S/C16H26N4O/c21-12-16(18-13-3-4-13)5-1-2-14(10-16)20-9-8-19-7-6-17-15(19)11-20/h6-7,13-14,18,21H,1-5,8-12H2. The van der Waals surface area contributed by atoms with Gasteiger partial charge in [0.05, 0.1) is 13.2 Å².